The molecule has 1 aromatic carbocycles. The Balaban J connectivity index is 2.48. The topological polar surface area (TPSA) is 69.8 Å². The van der Waals surface area contributed by atoms with Crippen molar-refractivity contribution in [3.8, 4) is 11.5 Å². The van der Waals surface area contributed by atoms with Crippen molar-refractivity contribution < 1.29 is 4.79 Å². The Labute approximate surface area is 127 Å². The van der Waals surface area contributed by atoms with Crippen LogP contribution in [-0.4, -0.2) is 24.9 Å². The number of carbonyl (C=O) groups is 1. The van der Waals surface area contributed by atoms with Gasteiger partial charge in [0.1, 0.15) is 5.69 Å². The van der Waals surface area contributed by atoms with Crippen molar-refractivity contribution in [2.24, 2.45) is 14.1 Å². The maximum Gasteiger partial charge on any atom is 0.261 e. The molecule has 0 saturated heterocycles. The number of ketones is 1. The number of hydrogen-bond acceptors (Lipinski definition) is 4. The van der Waals surface area contributed by atoms with E-state index in [1.165, 1.54) is 11.5 Å². The van der Waals surface area contributed by atoms with Gasteiger partial charge < -0.3 is 4.57 Å². The van der Waals surface area contributed by atoms with Gasteiger partial charge in [0.2, 0.25) is 0 Å². The smallest absolute Gasteiger partial charge is 0.261 e. The third-order valence-electron chi connectivity index (χ3n) is 3.75. The second-order valence-electron chi connectivity index (χ2n) is 5.45. The summed E-state index contributed by atoms with van der Waals surface area (Å²) in [4.78, 5) is 33.2. The van der Waals surface area contributed by atoms with Gasteiger partial charge in [-0.25, -0.2) is 9.97 Å². The molecule has 2 aromatic heterocycles. The number of rotatable bonds is 2. The summed E-state index contributed by atoms with van der Waals surface area (Å²) in [6, 6.07) is 3.54. The van der Waals surface area contributed by atoms with Gasteiger partial charge in [-0.15, -0.1) is 0 Å². The average molecular weight is 296 g/mol. The second kappa shape index (κ2) is 4.91. The summed E-state index contributed by atoms with van der Waals surface area (Å²) in [5.41, 5.74) is 2.32. The standard InChI is InChI=1S/C16H16N4O2/c1-9-5-11(10(2)21)14-12(6-9)16(22)20(4)15(18-14)13-7-17-8-19(13)3/h5-8H,1-4H3. The molecule has 0 atom stereocenters. The first-order valence-electron chi connectivity index (χ1n) is 6.89. The molecule has 0 unspecified atom stereocenters. The van der Waals surface area contributed by atoms with E-state index in [4.69, 9.17) is 0 Å². The molecule has 0 aliphatic heterocycles. The van der Waals surface area contributed by atoms with Gasteiger partial charge in [-0.2, -0.15) is 0 Å². The van der Waals surface area contributed by atoms with Crippen molar-refractivity contribution in [3.05, 3.63) is 46.1 Å². The molecule has 6 heteroatoms. The SMILES string of the molecule is CC(=O)c1cc(C)cc2c(=O)n(C)c(-c3cncn3C)nc12. The quantitative estimate of drug-likeness (QED) is 0.677. The number of nitrogens with zero attached hydrogens (tertiary/aromatic N) is 4. The van der Waals surface area contributed by atoms with E-state index in [0.717, 1.165) is 11.3 Å². The molecule has 6 nitrogen and oxygen atoms in total. The Morgan fingerprint density at radius 2 is 1.95 bits per heavy atom. The van der Waals surface area contributed by atoms with Crippen molar-refractivity contribution in [1.29, 1.82) is 0 Å². The van der Waals surface area contributed by atoms with Gasteiger partial charge in [0.05, 0.1) is 23.4 Å². The van der Waals surface area contributed by atoms with E-state index in [0.29, 0.717) is 22.3 Å². The highest BCUT2D eigenvalue weighted by atomic mass is 16.1. The van der Waals surface area contributed by atoms with Gasteiger partial charge in [-0.1, -0.05) is 0 Å². The first-order chi connectivity index (χ1) is 10.4. The van der Waals surface area contributed by atoms with Crippen LogP contribution in [0.5, 0.6) is 0 Å². The summed E-state index contributed by atoms with van der Waals surface area (Å²) in [5.74, 6) is 0.384. The maximum absolute atomic E-state index is 12.7. The molecule has 112 valence electrons. The lowest BCUT2D eigenvalue weighted by Gasteiger charge is -2.12. The monoisotopic (exact) mass is 296 g/mol. The van der Waals surface area contributed by atoms with E-state index in [2.05, 4.69) is 9.97 Å². The molecule has 0 spiro atoms. The van der Waals surface area contributed by atoms with Crippen LogP contribution in [0.4, 0.5) is 0 Å². The Bertz CT molecular complexity index is 966. The highest BCUT2D eigenvalue weighted by Crippen LogP contribution is 2.21. The molecule has 2 heterocycles. The third kappa shape index (κ3) is 2.04. The average Bonchev–Trinajstić information content (AvgIpc) is 2.88. The van der Waals surface area contributed by atoms with E-state index in [1.807, 2.05) is 14.0 Å². The predicted molar refractivity (Wildman–Crippen MR) is 83.9 cm³/mol. The van der Waals surface area contributed by atoms with Gasteiger partial charge in [0, 0.05) is 19.7 Å². The minimum atomic E-state index is -0.174. The zero-order chi connectivity index (χ0) is 16.0. The number of fused-ring (bicyclic) bond motifs is 1. The van der Waals surface area contributed by atoms with Gasteiger partial charge in [0.25, 0.3) is 5.56 Å². The van der Waals surface area contributed by atoms with Crippen LogP contribution in [0.1, 0.15) is 22.8 Å². The first kappa shape index (κ1) is 14.2. The van der Waals surface area contributed by atoms with Gasteiger partial charge in [-0.3, -0.25) is 14.2 Å². The Kier molecular flexibility index (Phi) is 3.16. The summed E-state index contributed by atoms with van der Waals surface area (Å²) < 4.78 is 3.28. The van der Waals surface area contributed by atoms with Crippen molar-refractivity contribution in [2.75, 3.05) is 0 Å². The largest absolute Gasteiger partial charge is 0.331 e. The molecule has 0 aliphatic rings. The van der Waals surface area contributed by atoms with Gasteiger partial charge in [-0.05, 0) is 31.5 Å². The predicted octanol–water partition coefficient (Wildman–Crippen LogP) is 1.85. The fourth-order valence-electron chi connectivity index (χ4n) is 2.59. The number of imidazole rings is 1. The van der Waals surface area contributed by atoms with Crippen LogP contribution in [0.3, 0.4) is 0 Å². The molecule has 0 N–H and O–H groups in total. The molecule has 0 radical (unpaired) electrons. The number of Topliss-reactive ketones (excluding diaryl/α,β-unsaturated/α-hetero) is 1. The molecule has 3 rings (SSSR count). The first-order valence-corrected chi connectivity index (χ1v) is 6.89. The molecule has 0 fully saturated rings. The van der Waals surface area contributed by atoms with E-state index in [-0.39, 0.29) is 11.3 Å². The molecule has 22 heavy (non-hydrogen) atoms. The highest BCUT2D eigenvalue weighted by molar-refractivity contribution is 6.05. The van der Waals surface area contributed by atoms with Crippen LogP contribution in [0.2, 0.25) is 0 Å². The Morgan fingerprint density at radius 3 is 2.55 bits per heavy atom. The molecular weight excluding hydrogens is 280 g/mol. The van der Waals surface area contributed by atoms with Crippen LogP contribution < -0.4 is 5.56 Å². The molecular formula is C16H16N4O2. The summed E-state index contributed by atoms with van der Waals surface area (Å²) in [5, 5.41) is 0.457. The lowest BCUT2D eigenvalue weighted by atomic mass is 10.0. The van der Waals surface area contributed by atoms with Crippen molar-refractivity contribution >= 4 is 16.7 Å². The Hall–Kier alpha value is -2.76. The number of aromatic nitrogens is 4. The summed E-state index contributed by atoms with van der Waals surface area (Å²) in [6.45, 7) is 3.34. The second-order valence-corrected chi connectivity index (χ2v) is 5.45. The lowest BCUT2D eigenvalue weighted by molar-refractivity contribution is 0.101. The highest BCUT2D eigenvalue weighted by Gasteiger charge is 2.17. The lowest BCUT2D eigenvalue weighted by Crippen LogP contribution is -2.22. The van der Waals surface area contributed by atoms with Gasteiger partial charge >= 0.3 is 0 Å². The molecule has 0 aliphatic carbocycles. The fraction of sp³-hybridized carbons (Fsp3) is 0.250. The van der Waals surface area contributed by atoms with E-state index in [9.17, 15) is 9.59 Å². The number of aryl methyl sites for hydroxylation is 2. The van der Waals surface area contributed by atoms with E-state index < -0.39 is 0 Å². The van der Waals surface area contributed by atoms with E-state index >= 15 is 0 Å². The molecule has 0 saturated carbocycles. The molecule has 0 bridgehead atoms. The number of hydrogen-bond donors (Lipinski definition) is 0. The third-order valence-corrected chi connectivity index (χ3v) is 3.75. The minimum Gasteiger partial charge on any atom is -0.331 e. The number of benzene rings is 1. The minimum absolute atomic E-state index is 0.106. The summed E-state index contributed by atoms with van der Waals surface area (Å²) in [7, 11) is 3.51. The van der Waals surface area contributed by atoms with Crippen LogP contribution in [0, 0.1) is 6.92 Å². The number of carbonyl (C=O) groups excluding carboxylic acids is 1. The summed E-state index contributed by atoms with van der Waals surface area (Å²) in [6.07, 6.45) is 3.29. The van der Waals surface area contributed by atoms with E-state index in [1.54, 1.807) is 36.3 Å². The van der Waals surface area contributed by atoms with Crippen LogP contribution >= 0.6 is 0 Å². The van der Waals surface area contributed by atoms with Crippen molar-refractivity contribution in [1.82, 2.24) is 19.1 Å². The maximum atomic E-state index is 12.7. The van der Waals surface area contributed by atoms with Gasteiger partial charge in [0.15, 0.2) is 11.6 Å². The Morgan fingerprint density at radius 1 is 1.23 bits per heavy atom. The van der Waals surface area contributed by atoms with Crippen LogP contribution in [-0.2, 0) is 14.1 Å². The zero-order valence-corrected chi connectivity index (χ0v) is 12.9. The fourth-order valence-corrected chi connectivity index (χ4v) is 2.59. The van der Waals surface area contributed by atoms with Crippen LogP contribution in [0.15, 0.2) is 29.5 Å². The summed E-state index contributed by atoms with van der Waals surface area (Å²) >= 11 is 0. The normalized spacial score (nSPS) is 11.1. The van der Waals surface area contributed by atoms with Crippen molar-refractivity contribution in [2.45, 2.75) is 13.8 Å². The van der Waals surface area contributed by atoms with Crippen LogP contribution in [0.25, 0.3) is 22.4 Å². The zero-order valence-electron chi connectivity index (χ0n) is 12.9. The van der Waals surface area contributed by atoms with Crippen molar-refractivity contribution in [3.63, 3.8) is 0 Å². The molecule has 3 aromatic rings. The molecule has 0 amide bonds.